The van der Waals surface area contributed by atoms with Crippen molar-refractivity contribution in [3.05, 3.63) is 46.6 Å². The van der Waals surface area contributed by atoms with E-state index in [1.54, 1.807) is 31.5 Å². The Morgan fingerprint density at radius 1 is 1.15 bits per heavy atom. The van der Waals surface area contributed by atoms with Crippen molar-refractivity contribution in [2.45, 2.75) is 33.6 Å². The normalized spacial score (nSPS) is 10.9. The number of nitrogens with zero attached hydrogens (tertiary/aromatic N) is 3. The molecule has 0 aromatic carbocycles. The Hall–Kier alpha value is -2.58. The van der Waals surface area contributed by atoms with Crippen LogP contribution in [0.3, 0.4) is 0 Å². The van der Waals surface area contributed by atoms with Gasteiger partial charge in [0, 0.05) is 37.4 Å². The Bertz CT molecular complexity index is 770. The number of hydrogen-bond donors (Lipinski definition) is 0. The maximum absolute atomic E-state index is 12.9. The van der Waals surface area contributed by atoms with Gasteiger partial charge in [-0.1, -0.05) is 0 Å². The maximum atomic E-state index is 12.9. The Balaban J connectivity index is 2.53. The van der Waals surface area contributed by atoms with Crippen LogP contribution in [0.2, 0.25) is 0 Å². The first-order chi connectivity index (χ1) is 12.6. The van der Waals surface area contributed by atoms with E-state index in [2.05, 4.69) is 9.97 Å². The fourth-order valence-corrected chi connectivity index (χ4v) is 2.41. The van der Waals surface area contributed by atoms with Crippen LogP contribution in [0.25, 0.3) is 11.4 Å². The third-order valence-corrected chi connectivity index (χ3v) is 3.50. The summed E-state index contributed by atoms with van der Waals surface area (Å²) in [6, 6.07) is 3.53. The lowest BCUT2D eigenvalue weighted by molar-refractivity contribution is -0.143. The van der Waals surface area contributed by atoms with Crippen molar-refractivity contribution in [3.63, 3.8) is 0 Å². The topological polar surface area (TPSA) is 92.5 Å². The van der Waals surface area contributed by atoms with Gasteiger partial charge in [0.05, 0.1) is 13.2 Å². The zero-order valence-corrected chi connectivity index (χ0v) is 15.2. The van der Waals surface area contributed by atoms with Gasteiger partial charge in [0.1, 0.15) is 11.4 Å². The highest BCUT2D eigenvalue weighted by molar-refractivity contribution is 5.88. The van der Waals surface area contributed by atoms with Gasteiger partial charge in [-0.3, -0.25) is 14.3 Å². The minimum absolute atomic E-state index is 0.0883. The molecule has 0 bridgehead atoms. The molecule has 2 aromatic rings. The zero-order chi connectivity index (χ0) is 18.9. The number of hydrogen-bond acceptors (Lipinski definition) is 7. The number of rotatable bonds is 9. The van der Waals surface area contributed by atoms with Gasteiger partial charge in [-0.2, -0.15) is 0 Å². The first kappa shape index (κ1) is 19.7. The number of aromatic nitrogens is 3. The first-order valence-corrected chi connectivity index (χ1v) is 8.52. The monoisotopic (exact) mass is 361 g/mol. The molecule has 140 valence electrons. The van der Waals surface area contributed by atoms with Crippen molar-refractivity contribution in [1.82, 2.24) is 14.5 Å². The highest BCUT2D eigenvalue weighted by Gasteiger charge is 2.21. The second kappa shape index (κ2) is 9.79. The minimum atomic E-state index is -0.708. The largest absolute Gasteiger partial charge is 0.462 e. The Morgan fingerprint density at radius 2 is 1.88 bits per heavy atom. The second-order valence-electron chi connectivity index (χ2n) is 5.21. The summed E-state index contributed by atoms with van der Waals surface area (Å²) < 4.78 is 17.4. The molecule has 0 fully saturated rings. The molecule has 0 N–H and O–H groups in total. The van der Waals surface area contributed by atoms with Gasteiger partial charge in [-0.25, -0.2) is 9.78 Å². The van der Waals surface area contributed by atoms with E-state index in [9.17, 15) is 9.59 Å². The van der Waals surface area contributed by atoms with E-state index in [-0.39, 0.29) is 18.7 Å². The minimum Gasteiger partial charge on any atom is -0.462 e. The number of carbonyl (C=O) groups is 1. The van der Waals surface area contributed by atoms with Crippen molar-refractivity contribution < 1.29 is 19.0 Å². The molecule has 0 spiro atoms. The van der Waals surface area contributed by atoms with E-state index in [1.807, 2.05) is 13.8 Å². The standard InChI is InChI=1S/C18H23N3O5/c1-4-24-15(25-5-2)12-21-16(13-8-7-9-19-10-13)20-11-14(17(21)22)18(23)26-6-3/h7-11,15H,4-6,12H2,1-3H3. The summed E-state index contributed by atoms with van der Waals surface area (Å²) in [5.41, 5.74) is -0.000276. The van der Waals surface area contributed by atoms with Crippen LogP contribution in [-0.2, 0) is 20.8 Å². The second-order valence-corrected chi connectivity index (χ2v) is 5.21. The van der Waals surface area contributed by atoms with Crippen LogP contribution in [0, 0.1) is 0 Å². The predicted octanol–water partition coefficient (Wildman–Crippen LogP) is 1.88. The Kier molecular flexibility index (Phi) is 7.43. The van der Waals surface area contributed by atoms with E-state index >= 15 is 0 Å². The molecule has 0 aliphatic heterocycles. The van der Waals surface area contributed by atoms with Crippen molar-refractivity contribution in [1.29, 1.82) is 0 Å². The van der Waals surface area contributed by atoms with Gasteiger partial charge < -0.3 is 14.2 Å². The van der Waals surface area contributed by atoms with Crippen LogP contribution in [0.5, 0.6) is 0 Å². The van der Waals surface area contributed by atoms with Crippen LogP contribution in [0.15, 0.2) is 35.5 Å². The molecule has 2 aromatic heterocycles. The van der Waals surface area contributed by atoms with Gasteiger partial charge in [-0.05, 0) is 32.9 Å². The quantitative estimate of drug-likeness (QED) is 0.497. The molecule has 0 aliphatic rings. The molecule has 8 nitrogen and oxygen atoms in total. The highest BCUT2D eigenvalue weighted by Crippen LogP contribution is 2.15. The lowest BCUT2D eigenvalue weighted by atomic mass is 10.2. The van der Waals surface area contributed by atoms with E-state index in [0.29, 0.717) is 24.6 Å². The van der Waals surface area contributed by atoms with Gasteiger partial charge in [-0.15, -0.1) is 0 Å². The van der Waals surface area contributed by atoms with Gasteiger partial charge in [0.15, 0.2) is 6.29 Å². The lowest BCUT2D eigenvalue weighted by Crippen LogP contribution is -2.35. The van der Waals surface area contributed by atoms with E-state index < -0.39 is 17.8 Å². The summed E-state index contributed by atoms with van der Waals surface area (Å²) in [7, 11) is 0. The zero-order valence-electron chi connectivity index (χ0n) is 15.2. The van der Waals surface area contributed by atoms with Crippen molar-refractivity contribution in [3.8, 4) is 11.4 Å². The van der Waals surface area contributed by atoms with Crippen molar-refractivity contribution >= 4 is 5.97 Å². The van der Waals surface area contributed by atoms with Crippen molar-refractivity contribution in [2.24, 2.45) is 0 Å². The van der Waals surface area contributed by atoms with Gasteiger partial charge in [0.25, 0.3) is 5.56 Å². The third kappa shape index (κ3) is 4.74. The van der Waals surface area contributed by atoms with Crippen LogP contribution < -0.4 is 5.56 Å². The number of pyridine rings is 1. The molecule has 0 aliphatic carbocycles. The molecule has 0 atom stereocenters. The Labute approximate surface area is 151 Å². The molecule has 0 radical (unpaired) electrons. The fraction of sp³-hybridized carbons (Fsp3) is 0.444. The number of carbonyl (C=O) groups excluding carboxylic acids is 1. The lowest BCUT2D eigenvalue weighted by Gasteiger charge is -2.20. The molecule has 0 amide bonds. The van der Waals surface area contributed by atoms with Crippen LogP contribution in [0.1, 0.15) is 31.1 Å². The molecule has 2 heterocycles. The summed E-state index contributed by atoms with van der Waals surface area (Å²) in [4.78, 5) is 33.3. The molecule has 8 heteroatoms. The molecular formula is C18H23N3O5. The van der Waals surface area contributed by atoms with Gasteiger partial charge >= 0.3 is 5.97 Å². The van der Waals surface area contributed by atoms with Crippen LogP contribution in [-0.4, -0.2) is 46.6 Å². The number of ether oxygens (including phenoxy) is 3. The predicted molar refractivity (Wildman–Crippen MR) is 94.7 cm³/mol. The van der Waals surface area contributed by atoms with E-state index in [1.165, 1.54) is 10.8 Å². The molecular weight excluding hydrogens is 338 g/mol. The highest BCUT2D eigenvalue weighted by atomic mass is 16.7. The molecule has 0 saturated heterocycles. The Morgan fingerprint density at radius 3 is 2.46 bits per heavy atom. The maximum Gasteiger partial charge on any atom is 0.345 e. The average Bonchev–Trinajstić information content (AvgIpc) is 2.64. The summed E-state index contributed by atoms with van der Waals surface area (Å²) in [6.07, 6.45) is 3.81. The van der Waals surface area contributed by atoms with E-state index in [4.69, 9.17) is 14.2 Å². The van der Waals surface area contributed by atoms with Crippen LogP contribution in [0.4, 0.5) is 0 Å². The summed E-state index contributed by atoms with van der Waals surface area (Å²) in [5, 5.41) is 0. The summed E-state index contributed by atoms with van der Waals surface area (Å²) >= 11 is 0. The molecule has 26 heavy (non-hydrogen) atoms. The first-order valence-electron chi connectivity index (χ1n) is 8.52. The average molecular weight is 361 g/mol. The smallest absolute Gasteiger partial charge is 0.345 e. The SMILES string of the molecule is CCOC(=O)c1cnc(-c2cccnc2)n(CC(OCC)OCC)c1=O. The van der Waals surface area contributed by atoms with E-state index in [0.717, 1.165) is 0 Å². The van der Waals surface area contributed by atoms with Crippen molar-refractivity contribution in [2.75, 3.05) is 19.8 Å². The fourth-order valence-electron chi connectivity index (χ4n) is 2.41. The molecule has 0 unspecified atom stereocenters. The van der Waals surface area contributed by atoms with Crippen LogP contribution >= 0.6 is 0 Å². The molecule has 2 rings (SSSR count). The van der Waals surface area contributed by atoms with Gasteiger partial charge in [0.2, 0.25) is 0 Å². The summed E-state index contributed by atoms with van der Waals surface area (Å²) in [6.45, 7) is 6.45. The summed E-state index contributed by atoms with van der Waals surface area (Å²) in [5.74, 6) is -0.332. The number of esters is 1. The molecule has 0 saturated carbocycles. The third-order valence-electron chi connectivity index (χ3n) is 3.50.